The number of nitrogens with one attached hydrogen (secondary N) is 1. The van der Waals surface area contributed by atoms with Gasteiger partial charge in [0, 0.05) is 32.4 Å². The molecule has 1 aliphatic heterocycles. The maximum atomic E-state index is 11.4. The van der Waals surface area contributed by atoms with E-state index in [1.165, 1.54) is 0 Å². The van der Waals surface area contributed by atoms with E-state index in [-0.39, 0.29) is 0 Å². The highest BCUT2D eigenvalue weighted by Crippen LogP contribution is 2.25. The van der Waals surface area contributed by atoms with Crippen molar-refractivity contribution < 1.29 is 8.42 Å². The average molecular weight is 413 g/mol. The summed E-state index contributed by atoms with van der Waals surface area (Å²) in [6.45, 7) is 2.59. The van der Waals surface area contributed by atoms with Crippen LogP contribution in [0.5, 0.6) is 0 Å². The molecule has 0 atom stereocenters. The van der Waals surface area contributed by atoms with Crippen LogP contribution in [-0.2, 0) is 16.6 Å². The van der Waals surface area contributed by atoms with Gasteiger partial charge in [-0.05, 0) is 30.3 Å². The molecule has 2 aromatic carbocycles. The van der Waals surface area contributed by atoms with Crippen molar-refractivity contribution in [1.29, 1.82) is 0 Å². The van der Waals surface area contributed by atoms with Crippen molar-refractivity contribution in [2.24, 2.45) is 0 Å². The molecule has 152 valence electrons. The van der Waals surface area contributed by atoms with Crippen LogP contribution in [0.4, 0.5) is 11.4 Å². The van der Waals surface area contributed by atoms with Gasteiger partial charge in [0.2, 0.25) is 10.0 Å². The van der Waals surface area contributed by atoms with Gasteiger partial charge in [-0.3, -0.25) is 9.62 Å². The fourth-order valence-corrected chi connectivity index (χ4v) is 3.99. The van der Waals surface area contributed by atoms with E-state index in [1.807, 2.05) is 61.8 Å². The first-order valence-corrected chi connectivity index (χ1v) is 11.3. The molecule has 0 aliphatic carbocycles. The van der Waals surface area contributed by atoms with Gasteiger partial charge >= 0.3 is 0 Å². The van der Waals surface area contributed by atoms with Crippen LogP contribution in [0.3, 0.4) is 0 Å². The molecule has 0 unspecified atom stereocenters. The molecular weight excluding hydrogens is 388 g/mol. The third-order valence-electron chi connectivity index (χ3n) is 4.99. The summed E-state index contributed by atoms with van der Waals surface area (Å²) in [5.74, 6) is 0. The summed E-state index contributed by atoms with van der Waals surface area (Å²) in [5.41, 5.74) is 3.49. The Kier molecular flexibility index (Phi) is 5.25. The van der Waals surface area contributed by atoms with Gasteiger partial charge in [-0.1, -0.05) is 29.5 Å². The number of rotatable bonds is 7. The molecule has 1 saturated heterocycles. The molecule has 0 saturated carbocycles. The molecule has 1 aliphatic rings. The summed E-state index contributed by atoms with van der Waals surface area (Å²) in [6, 6.07) is 17.8. The highest BCUT2D eigenvalue weighted by molar-refractivity contribution is 7.92. The number of anilines is 2. The van der Waals surface area contributed by atoms with Crippen LogP contribution in [0.25, 0.3) is 5.69 Å². The van der Waals surface area contributed by atoms with Crippen molar-refractivity contribution in [2.75, 3.05) is 36.0 Å². The maximum Gasteiger partial charge on any atom is 0.229 e. The van der Waals surface area contributed by atoms with Crippen molar-refractivity contribution in [3.63, 3.8) is 0 Å². The van der Waals surface area contributed by atoms with Gasteiger partial charge in [-0.25, -0.2) is 13.1 Å². The minimum Gasteiger partial charge on any atom is -0.369 e. The minimum atomic E-state index is -3.28. The fraction of sp³-hybridized carbons (Fsp3) is 0.300. The summed E-state index contributed by atoms with van der Waals surface area (Å²) in [5, 5.41) is 8.49. The van der Waals surface area contributed by atoms with Crippen molar-refractivity contribution >= 4 is 21.4 Å². The molecule has 0 bridgehead atoms. The highest BCUT2D eigenvalue weighted by atomic mass is 32.2. The summed E-state index contributed by atoms with van der Waals surface area (Å²) in [4.78, 5) is 4.50. The first-order valence-electron chi connectivity index (χ1n) is 9.37. The number of aromatic nitrogens is 3. The second-order valence-corrected chi connectivity index (χ2v) is 9.12. The molecule has 0 amide bonds. The molecule has 8 nitrogen and oxygen atoms in total. The van der Waals surface area contributed by atoms with E-state index < -0.39 is 10.0 Å². The molecule has 9 heteroatoms. The molecule has 1 aromatic heterocycles. The lowest BCUT2D eigenvalue weighted by atomic mass is 10.1. The monoisotopic (exact) mass is 412 g/mol. The first kappa shape index (κ1) is 19.4. The maximum absolute atomic E-state index is 11.4. The smallest absolute Gasteiger partial charge is 0.229 e. The van der Waals surface area contributed by atoms with E-state index in [0.29, 0.717) is 11.7 Å². The quantitative estimate of drug-likeness (QED) is 0.639. The van der Waals surface area contributed by atoms with E-state index in [9.17, 15) is 8.42 Å². The standard InChI is InChI=1S/C20H24N6O2S/c1-24(19-10-6-7-16(11-19)22-29(2,27)28)20-14-25(15-20)12-17-13-26(23-21-17)18-8-4-3-5-9-18/h3-11,13,20,22H,12,14-15H2,1-2H3. The van der Waals surface area contributed by atoms with Crippen LogP contribution in [0, 0.1) is 0 Å². The number of hydrogen-bond acceptors (Lipinski definition) is 6. The lowest BCUT2D eigenvalue weighted by Gasteiger charge is -2.44. The van der Waals surface area contributed by atoms with Crippen LogP contribution in [0.2, 0.25) is 0 Å². The van der Waals surface area contributed by atoms with Crippen molar-refractivity contribution in [3.05, 3.63) is 66.5 Å². The van der Waals surface area contributed by atoms with Gasteiger partial charge in [-0.15, -0.1) is 5.10 Å². The van der Waals surface area contributed by atoms with Gasteiger partial charge in [0.05, 0.1) is 35.6 Å². The van der Waals surface area contributed by atoms with E-state index in [4.69, 9.17) is 0 Å². The van der Waals surface area contributed by atoms with Crippen LogP contribution in [-0.4, -0.2) is 60.7 Å². The van der Waals surface area contributed by atoms with Crippen LogP contribution in [0.1, 0.15) is 5.69 Å². The van der Waals surface area contributed by atoms with Gasteiger partial charge in [0.25, 0.3) is 0 Å². The topological polar surface area (TPSA) is 83.4 Å². The lowest BCUT2D eigenvalue weighted by molar-refractivity contribution is 0.137. The van der Waals surface area contributed by atoms with Crippen LogP contribution >= 0.6 is 0 Å². The Morgan fingerprint density at radius 3 is 2.62 bits per heavy atom. The molecule has 1 N–H and O–H groups in total. The van der Waals surface area contributed by atoms with E-state index >= 15 is 0 Å². The van der Waals surface area contributed by atoms with Gasteiger partial charge < -0.3 is 4.90 Å². The number of hydrogen-bond donors (Lipinski definition) is 1. The summed E-state index contributed by atoms with van der Waals surface area (Å²) in [6.07, 6.45) is 3.12. The average Bonchev–Trinajstić information content (AvgIpc) is 3.12. The summed E-state index contributed by atoms with van der Waals surface area (Å²) >= 11 is 0. The SMILES string of the molecule is CN(c1cccc(NS(C)(=O)=O)c1)C1CN(Cc2cn(-c3ccccc3)nn2)C1. The fourth-order valence-electron chi connectivity index (χ4n) is 3.44. The van der Waals surface area contributed by atoms with Gasteiger partial charge in [-0.2, -0.15) is 0 Å². The zero-order valence-electron chi connectivity index (χ0n) is 16.4. The van der Waals surface area contributed by atoms with Crippen molar-refractivity contribution in [3.8, 4) is 5.69 Å². The number of benzene rings is 2. The number of likely N-dealkylation sites (N-methyl/N-ethyl adjacent to an activating group) is 1. The van der Waals surface area contributed by atoms with Gasteiger partial charge in [0.15, 0.2) is 0 Å². The molecule has 4 rings (SSSR count). The predicted molar refractivity (Wildman–Crippen MR) is 114 cm³/mol. The highest BCUT2D eigenvalue weighted by Gasteiger charge is 2.30. The molecular formula is C20H24N6O2S. The largest absolute Gasteiger partial charge is 0.369 e. The number of likely N-dealkylation sites (tertiary alicyclic amines) is 1. The molecule has 29 heavy (non-hydrogen) atoms. The number of sulfonamides is 1. The molecule has 1 fully saturated rings. The lowest BCUT2D eigenvalue weighted by Crippen LogP contribution is -2.58. The van der Waals surface area contributed by atoms with E-state index in [1.54, 1.807) is 10.7 Å². The molecule has 3 aromatic rings. The predicted octanol–water partition coefficient (Wildman–Crippen LogP) is 1.96. The van der Waals surface area contributed by atoms with Crippen molar-refractivity contribution in [2.45, 2.75) is 12.6 Å². The van der Waals surface area contributed by atoms with Crippen LogP contribution < -0.4 is 9.62 Å². The summed E-state index contributed by atoms with van der Waals surface area (Å²) < 4.78 is 27.2. The number of para-hydroxylation sites is 1. The third kappa shape index (κ3) is 4.75. The summed E-state index contributed by atoms with van der Waals surface area (Å²) in [7, 11) is -1.25. The minimum absolute atomic E-state index is 0.368. The third-order valence-corrected chi connectivity index (χ3v) is 5.60. The zero-order chi connectivity index (χ0) is 20.4. The Bertz CT molecular complexity index is 1080. The Hall–Kier alpha value is -2.91. The normalized spacial score (nSPS) is 15.1. The van der Waals surface area contributed by atoms with Crippen LogP contribution in [0.15, 0.2) is 60.8 Å². The Morgan fingerprint density at radius 1 is 1.14 bits per heavy atom. The van der Waals surface area contributed by atoms with E-state index in [2.05, 4.69) is 24.8 Å². The first-order chi connectivity index (χ1) is 13.9. The zero-order valence-corrected chi connectivity index (χ0v) is 17.2. The Morgan fingerprint density at radius 2 is 1.90 bits per heavy atom. The van der Waals surface area contributed by atoms with Crippen molar-refractivity contribution in [1.82, 2.24) is 19.9 Å². The number of nitrogens with zero attached hydrogens (tertiary/aromatic N) is 5. The Labute approximate surface area is 170 Å². The second-order valence-electron chi connectivity index (χ2n) is 7.37. The molecule has 2 heterocycles. The second kappa shape index (κ2) is 7.84. The van der Waals surface area contributed by atoms with E-state index in [0.717, 1.165) is 43.0 Å². The Balaban J connectivity index is 1.33. The molecule has 0 radical (unpaired) electrons. The van der Waals surface area contributed by atoms with Gasteiger partial charge in [0.1, 0.15) is 0 Å². The molecule has 0 spiro atoms.